The van der Waals surface area contributed by atoms with E-state index >= 15 is 0 Å². The fraction of sp³-hybridized carbons (Fsp3) is 0.902. The summed E-state index contributed by atoms with van der Waals surface area (Å²) in [5.74, 6) is -3.69. The lowest BCUT2D eigenvalue weighted by atomic mass is 10.0. The predicted molar refractivity (Wildman–Crippen MR) is 197 cm³/mol. The van der Waals surface area contributed by atoms with Crippen molar-refractivity contribution in [2.75, 3.05) is 0 Å². The number of aliphatic hydroxyl groups is 1. The molecule has 0 bridgehead atoms. The molecule has 4 aliphatic heterocycles. The minimum Gasteiger partial charge on any atom is -0.481 e. The van der Waals surface area contributed by atoms with Gasteiger partial charge in [-0.3, -0.25) is 19.2 Å². The lowest BCUT2D eigenvalue weighted by Gasteiger charge is -2.25. The highest BCUT2D eigenvalue weighted by atomic mass is 16.6. The maximum atomic E-state index is 13.1. The fourth-order valence-corrected chi connectivity index (χ4v) is 8.36. The molecule has 4 aliphatic rings. The maximum absolute atomic E-state index is 13.1. The first-order chi connectivity index (χ1) is 25.5. The highest BCUT2D eigenvalue weighted by Crippen LogP contribution is 2.34. The third kappa shape index (κ3) is 12.9. The van der Waals surface area contributed by atoms with Gasteiger partial charge in [-0.15, -0.1) is 0 Å². The molecule has 0 amide bonds. The normalized spacial score (nSPS) is 32.9. The number of rotatable bonds is 20. The van der Waals surface area contributed by atoms with Crippen LogP contribution in [0.4, 0.5) is 0 Å². The van der Waals surface area contributed by atoms with E-state index in [1.54, 1.807) is 6.92 Å². The highest BCUT2D eigenvalue weighted by molar-refractivity contribution is 5.74. The van der Waals surface area contributed by atoms with E-state index in [1.807, 2.05) is 48.5 Å². The van der Waals surface area contributed by atoms with Crippen molar-refractivity contribution in [2.24, 2.45) is 23.7 Å². The summed E-state index contributed by atoms with van der Waals surface area (Å²) >= 11 is 0. The van der Waals surface area contributed by atoms with Crippen molar-refractivity contribution in [3.63, 3.8) is 0 Å². The molecule has 0 aromatic heterocycles. The van der Waals surface area contributed by atoms with Gasteiger partial charge in [0.05, 0.1) is 78.6 Å². The van der Waals surface area contributed by atoms with Gasteiger partial charge in [-0.1, -0.05) is 6.92 Å². The van der Waals surface area contributed by atoms with Crippen LogP contribution in [0.25, 0.3) is 0 Å². The summed E-state index contributed by atoms with van der Waals surface area (Å²) in [4.78, 5) is 50.3. The van der Waals surface area contributed by atoms with E-state index in [-0.39, 0.29) is 91.2 Å². The number of aliphatic hydroxyl groups excluding tert-OH is 1. The molecule has 4 heterocycles. The van der Waals surface area contributed by atoms with Crippen LogP contribution in [0.15, 0.2) is 0 Å². The number of carbonyl (C=O) groups excluding carboxylic acids is 3. The van der Waals surface area contributed by atoms with Crippen LogP contribution in [0.2, 0.25) is 0 Å². The van der Waals surface area contributed by atoms with Crippen molar-refractivity contribution in [3.8, 4) is 0 Å². The second kappa shape index (κ2) is 20.7. The summed E-state index contributed by atoms with van der Waals surface area (Å²) in [7, 11) is 0. The molecule has 310 valence electrons. The van der Waals surface area contributed by atoms with Crippen LogP contribution in [0.5, 0.6) is 0 Å². The molecular formula is C41H68O13. The smallest absolute Gasteiger partial charge is 0.311 e. The molecule has 13 nitrogen and oxygen atoms in total. The fourth-order valence-electron chi connectivity index (χ4n) is 8.36. The summed E-state index contributed by atoms with van der Waals surface area (Å²) in [6.07, 6.45) is 5.80. The van der Waals surface area contributed by atoms with Gasteiger partial charge in [-0.25, -0.2) is 0 Å². The summed E-state index contributed by atoms with van der Waals surface area (Å²) in [6, 6.07) is 0. The number of ether oxygens (including phenoxy) is 7. The second-order valence-electron chi connectivity index (χ2n) is 16.7. The number of carboxylic acids is 1. The van der Waals surface area contributed by atoms with Gasteiger partial charge in [0.1, 0.15) is 18.3 Å². The van der Waals surface area contributed by atoms with Gasteiger partial charge in [0.2, 0.25) is 0 Å². The average molecular weight is 769 g/mol. The summed E-state index contributed by atoms with van der Waals surface area (Å²) in [5, 5.41) is 19.2. The largest absolute Gasteiger partial charge is 0.481 e. The van der Waals surface area contributed by atoms with Gasteiger partial charge in [0, 0.05) is 19.3 Å². The number of aliphatic carboxylic acids is 1. The number of hydrogen-bond acceptors (Lipinski definition) is 12. The molecule has 0 aliphatic carbocycles. The Kier molecular flexibility index (Phi) is 17.0. The topological polar surface area (TPSA) is 173 Å². The molecule has 4 saturated heterocycles. The number of carbonyl (C=O) groups is 4. The van der Waals surface area contributed by atoms with Crippen LogP contribution in [0.3, 0.4) is 0 Å². The third-order valence-electron chi connectivity index (χ3n) is 12.0. The van der Waals surface area contributed by atoms with E-state index < -0.39 is 29.6 Å². The van der Waals surface area contributed by atoms with Crippen LogP contribution in [0, 0.1) is 23.7 Å². The number of esters is 3. The molecule has 0 radical (unpaired) electrons. The van der Waals surface area contributed by atoms with Gasteiger partial charge < -0.3 is 43.4 Å². The second-order valence-corrected chi connectivity index (χ2v) is 16.7. The monoisotopic (exact) mass is 768 g/mol. The van der Waals surface area contributed by atoms with Gasteiger partial charge in [0.15, 0.2) is 0 Å². The molecule has 4 rings (SSSR count). The van der Waals surface area contributed by atoms with E-state index in [4.69, 9.17) is 33.2 Å². The van der Waals surface area contributed by atoms with E-state index in [2.05, 4.69) is 0 Å². The molecule has 13 heteroatoms. The SMILES string of the molecule is CC[C@H](O)C[C@@H]1CC[C@H]([C@H](C)C(=O)O[C@H](C)C[C@@H]2CC[C@H]([C@H](C)C(=O)O[C@H](C)C[C@@H]3CC[C@H]([C@H](C)C(=O)O[C@H](C)C[C@@H]4CC[C@H]([C@H](C)C(=O)O)O4)O3)O2)O1. The zero-order valence-corrected chi connectivity index (χ0v) is 33.8. The Morgan fingerprint density at radius 1 is 0.500 bits per heavy atom. The van der Waals surface area contributed by atoms with Crippen LogP contribution >= 0.6 is 0 Å². The Hall–Kier alpha value is -2.32. The molecule has 16 atom stereocenters. The predicted octanol–water partition coefficient (Wildman–Crippen LogP) is 5.93. The molecule has 4 fully saturated rings. The van der Waals surface area contributed by atoms with Crippen LogP contribution in [0.1, 0.15) is 139 Å². The highest BCUT2D eigenvalue weighted by Gasteiger charge is 2.40. The molecule has 0 saturated carbocycles. The average Bonchev–Trinajstić information content (AvgIpc) is 3.95. The van der Waals surface area contributed by atoms with Crippen LogP contribution < -0.4 is 0 Å². The minimum absolute atomic E-state index is 0.0273. The summed E-state index contributed by atoms with van der Waals surface area (Å²) in [5.41, 5.74) is 0. The molecule has 0 aromatic rings. The summed E-state index contributed by atoms with van der Waals surface area (Å²) < 4.78 is 41.8. The van der Waals surface area contributed by atoms with Gasteiger partial charge in [-0.05, 0) is 113 Å². The number of hydrogen-bond donors (Lipinski definition) is 2. The standard InChI is InChI=1S/C41H68O13/c1-9-29(42)21-33-13-17-37(54-33)28(8)41(47)50-24(4)20-32-12-16-36(53-32)27(7)40(46)49-23(3)19-31-11-15-35(52-31)26(6)39(45)48-22(2)18-30-10-14-34(51-30)25(5)38(43)44/h22-37,42H,9-21H2,1-8H3,(H,43,44)/t22-,23-,24-,25+,26+,27+,28+,29+,30+,31+,32+,33+,34-,35-,36-,37-/m1/s1. The molecule has 0 unspecified atom stereocenters. The van der Waals surface area contributed by atoms with Gasteiger partial charge in [-0.2, -0.15) is 0 Å². The Labute approximate surface area is 321 Å². The Morgan fingerprint density at radius 3 is 1.06 bits per heavy atom. The van der Waals surface area contributed by atoms with E-state index in [0.29, 0.717) is 51.4 Å². The van der Waals surface area contributed by atoms with Crippen molar-refractivity contribution in [1.82, 2.24) is 0 Å². The van der Waals surface area contributed by atoms with Gasteiger partial charge >= 0.3 is 23.9 Å². The van der Waals surface area contributed by atoms with Crippen LogP contribution in [-0.4, -0.2) is 107 Å². The van der Waals surface area contributed by atoms with Gasteiger partial charge in [0.25, 0.3) is 0 Å². The quantitative estimate of drug-likeness (QED) is 0.110. The first-order valence-corrected chi connectivity index (χ1v) is 20.7. The lowest BCUT2D eigenvalue weighted by Crippen LogP contribution is -2.33. The van der Waals surface area contributed by atoms with Crippen molar-refractivity contribution in [1.29, 1.82) is 0 Å². The first-order valence-electron chi connectivity index (χ1n) is 20.7. The van der Waals surface area contributed by atoms with E-state index in [9.17, 15) is 29.4 Å². The van der Waals surface area contributed by atoms with Crippen molar-refractivity contribution in [3.05, 3.63) is 0 Å². The number of carboxylic acid groups (broad SMARTS) is 1. The molecule has 54 heavy (non-hydrogen) atoms. The third-order valence-corrected chi connectivity index (χ3v) is 12.0. The Morgan fingerprint density at radius 2 is 0.778 bits per heavy atom. The van der Waals surface area contributed by atoms with E-state index in [1.165, 1.54) is 0 Å². The first kappa shape index (κ1) is 44.4. The Bertz CT molecular complexity index is 1230. The van der Waals surface area contributed by atoms with Crippen molar-refractivity contribution >= 4 is 23.9 Å². The zero-order valence-electron chi connectivity index (χ0n) is 33.8. The maximum Gasteiger partial charge on any atom is 0.311 e. The molecule has 0 aromatic carbocycles. The van der Waals surface area contributed by atoms with E-state index in [0.717, 1.165) is 32.1 Å². The molecular weight excluding hydrogens is 700 g/mol. The zero-order chi connectivity index (χ0) is 39.7. The van der Waals surface area contributed by atoms with Crippen LogP contribution in [-0.2, 0) is 52.3 Å². The summed E-state index contributed by atoms with van der Waals surface area (Å²) in [6.45, 7) is 14.6. The van der Waals surface area contributed by atoms with Crippen molar-refractivity contribution in [2.45, 2.75) is 212 Å². The minimum atomic E-state index is -0.872. The lowest BCUT2D eigenvalue weighted by molar-refractivity contribution is -0.161. The Balaban J connectivity index is 1.10. The molecule has 0 spiro atoms. The van der Waals surface area contributed by atoms with Crippen molar-refractivity contribution < 1.29 is 62.5 Å². The molecule has 2 N–H and O–H groups in total.